The first-order valence-electron chi connectivity index (χ1n) is 19.6. The van der Waals surface area contributed by atoms with Crippen LogP contribution in [0.3, 0.4) is 0 Å². The Labute approximate surface area is 339 Å². The highest BCUT2D eigenvalue weighted by Gasteiger charge is 2.28. The van der Waals surface area contributed by atoms with E-state index >= 15 is 0 Å². The predicted molar refractivity (Wildman–Crippen MR) is 238 cm³/mol. The molecule has 2 aromatic heterocycles. The van der Waals surface area contributed by atoms with Gasteiger partial charge in [0.25, 0.3) is 0 Å². The first-order chi connectivity index (χ1) is 28.1. The van der Waals surface area contributed by atoms with Crippen LogP contribution >= 0.6 is 0 Å². The number of aliphatic imine (C=N–C) groups is 2. The molecule has 0 saturated carbocycles. The second-order valence-electron chi connectivity index (χ2n) is 15.3. The summed E-state index contributed by atoms with van der Waals surface area (Å²) in [5, 5.41) is 0. The fourth-order valence-corrected chi connectivity index (χ4v) is 8.75. The lowest BCUT2D eigenvalue weighted by atomic mass is 9.91. The van der Waals surface area contributed by atoms with Crippen LogP contribution in [0.4, 0.5) is 23.0 Å². The Morgan fingerprint density at radius 1 is 0.448 bits per heavy atom. The number of nitrogens with zero attached hydrogens (tertiary/aromatic N) is 4. The lowest BCUT2D eigenvalue weighted by molar-refractivity contribution is 0.414. The molecule has 3 aliphatic heterocycles. The number of anilines is 4. The summed E-state index contributed by atoms with van der Waals surface area (Å²) in [7, 11) is 3.38. The topological polar surface area (TPSA) is 81.2 Å². The van der Waals surface area contributed by atoms with Gasteiger partial charge in [0, 0.05) is 33.9 Å². The molecule has 0 unspecified atom stereocenters. The average Bonchev–Trinajstić information content (AvgIpc) is 4.05. The Kier molecular flexibility index (Phi) is 9.12. The maximum absolute atomic E-state index is 5.57. The highest BCUT2D eigenvalue weighted by Crippen LogP contribution is 2.41. The summed E-state index contributed by atoms with van der Waals surface area (Å²) >= 11 is 0. The van der Waals surface area contributed by atoms with Crippen LogP contribution in [0, 0.1) is 41.5 Å². The fraction of sp³-hybridized carbons (Fsp3) is 0.160. The molecule has 3 aliphatic rings. The van der Waals surface area contributed by atoms with Gasteiger partial charge in [-0.25, -0.2) is 9.98 Å². The number of aryl methyl sites for hydroxylation is 6. The third-order valence-corrected chi connectivity index (χ3v) is 11.1. The molecule has 0 atom stereocenters. The Balaban J connectivity index is 1.36. The van der Waals surface area contributed by atoms with E-state index in [1.807, 2.05) is 24.3 Å². The van der Waals surface area contributed by atoms with Crippen LogP contribution < -0.4 is 19.3 Å². The monoisotopic (exact) mass is 762 g/mol. The van der Waals surface area contributed by atoms with E-state index < -0.39 is 0 Å². The van der Waals surface area contributed by atoms with Gasteiger partial charge < -0.3 is 19.4 Å². The van der Waals surface area contributed by atoms with Crippen LogP contribution in [0.2, 0.25) is 0 Å². The van der Waals surface area contributed by atoms with Crippen molar-refractivity contribution in [1.29, 1.82) is 0 Å². The van der Waals surface area contributed by atoms with Crippen LogP contribution in [0.15, 0.2) is 143 Å². The van der Waals surface area contributed by atoms with Crippen molar-refractivity contribution in [2.45, 2.75) is 41.5 Å². The molecule has 9 rings (SSSR count). The van der Waals surface area contributed by atoms with Crippen LogP contribution in [0.5, 0.6) is 11.5 Å². The van der Waals surface area contributed by atoms with Gasteiger partial charge in [-0.15, -0.1) is 0 Å². The number of amidine groups is 2. The van der Waals surface area contributed by atoms with Gasteiger partial charge in [0.2, 0.25) is 0 Å². The Morgan fingerprint density at radius 2 is 0.810 bits per heavy atom. The Hall–Kier alpha value is -7.06. The van der Waals surface area contributed by atoms with E-state index in [1.165, 1.54) is 33.4 Å². The van der Waals surface area contributed by atoms with E-state index in [0.29, 0.717) is 0 Å². The summed E-state index contributed by atoms with van der Waals surface area (Å²) in [5.74, 6) is 4.88. The number of benzene rings is 4. The molecule has 8 bridgehead atoms. The first-order valence-corrected chi connectivity index (χ1v) is 19.6. The highest BCUT2D eigenvalue weighted by molar-refractivity contribution is 6.15. The molecule has 0 radical (unpaired) electrons. The maximum atomic E-state index is 5.57. The van der Waals surface area contributed by atoms with Gasteiger partial charge in [0.1, 0.15) is 34.8 Å². The number of aromatic nitrogens is 2. The zero-order chi connectivity index (χ0) is 40.2. The van der Waals surface area contributed by atoms with Gasteiger partial charge in [0.05, 0.1) is 25.6 Å². The number of hydrogen-bond donors (Lipinski definition) is 2. The summed E-state index contributed by atoms with van der Waals surface area (Å²) in [6.45, 7) is 13.0. The molecule has 0 saturated heterocycles. The van der Waals surface area contributed by atoms with Gasteiger partial charge in [0.15, 0.2) is 0 Å². The second kappa shape index (κ2) is 14.5. The summed E-state index contributed by atoms with van der Waals surface area (Å²) < 4.78 is 11.1. The van der Waals surface area contributed by atoms with Gasteiger partial charge in [-0.3, -0.25) is 9.80 Å². The van der Waals surface area contributed by atoms with E-state index in [2.05, 4.69) is 158 Å². The molecular weight excluding hydrogens is 717 g/mol. The summed E-state index contributed by atoms with van der Waals surface area (Å²) in [5.41, 5.74) is 17.0. The number of nitrogens with one attached hydrogen (secondary N) is 2. The summed E-state index contributed by atoms with van der Waals surface area (Å²) in [4.78, 5) is 23.0. The molecule has 8 nitrogen and oxygen atoms in total. The normalized spacial score (nSPS) is 14.8. The largest absolute Gasteiger partial charge is 0.497 e. The second-order valence-corrected chi connectivity index (χ2v) is 15.3. The minimum Gasteiger partial charge on any atom is -0.497 e. The molecule has 0 aliphatic carbocycles. The number of allylic oxidation sites excluding steroid dienone is 2. The number of H-pyrrole nitrogens is 2. The smallest absolute Gasteiger partial charge is 0.139 e. The van der Waals surface area contributed by atoms with Crippen molar-refractivity contribution in [3.8, 4) is 11.5 Å². The van der Waals surface area contributed by atoms with E-state index in [1.54, 1.807) is 14.2 Å². The molecule has 0 fully saturated rings. The van der Waals surface area contributed by atoms with Crippen molar-refractivity contribution in [3.05, 3.63) is 189 Å². The first kappa shape index (κ1) is 36.6. The molecule has 5 heterocycles. The third kappa shape index (κ3) is 6.36. The van der Waals surface area contributed by atoms with E-state index in [-0.39, 0.29) is 0 Å². The molecule has 0 spiro atoms. The number of methoxy groups -OCH3 is 2. The minimum absolute atomic E-state index is 0.783. The molecule has 0 amide bonds. The summed E-state index contributed by atoms with van der Waals surface area (Å²) in [6, 6.07) is 33.8. The van der Waals surface area contributed by atoms with Crippen molar-refractivity contribution in [1.82, 2.24) is 9.97 Å². The number of rotatable bonds is 6. The van der Waals surface area contributed by atoms with Crippen LogP contribution in [0.25, 0.3) is 11.1 Å². The van der Waals surface area contributed by atoms with Crippen LogP contribution in [-0.2, 0) is 0 Å². The minimum atomic E-state index is 0.783. The number of aromatic amines is 2. The Bertz CT molecular complexity index is 2570. The lowest BCUT2D eigenvalue weighted by Crippen LogP contribution is -2.24. The zero-order valence-electron chi connectivity index (χ0n) is 34.2. The van der Waals surface area contributed by atoms with Crippen LogP contribution in [-0.4, -0.2) is 35.9 Å². The lowest BCUT2D eigenvalue weighted by Gasteiger charge is -2.24. The maximum Gasteiger partial charge on any atom is 0.139 e. The van der Waals surface area contributed by atoms with Crippen molar-refractivity contribution in [2.75, 3.05) is 24.0 Å². The molecule has 58 heavy (non-hydrogen) atoms. The molecule has 288 valence electrons. The van der Waals surface area contributed by atoms with Gasteiger partial charge in [-0.05, 0) is 172 Å². The van der Waals surface area contributed by atoms with Gasteiger partial charge in [-0.1, -0.05) is 35.4 Å². The molecule has 6 aromatic rings. The van der Waals surface area contributed by atoms with E-state index in [9.17, 15) is 0 Å². The SMILES string of the molecule is COc1ccc(N2C3=NC(=C(c4c(C)cc(C)cc4C)c4ccc([nH]4)N(c4ccc(OC)cc4)C4=NC(=C(c5c(C)cc(C)cc5C)c5ccc2[nH]5)C=C4)C=C3)cc1. The average molecular weight is 763 g/mol. The zero-order valence-corrected chi connectivity index (χ0v) is 34.2. The quantitative estimate of drug-likeness (QED) is 0.177. The van der Waals surface area contributed by atoms with Crippen molar-refractivity contribution < 1.29 is 9.47 Å². The van der Waals surface area contributed by atoms with E-state index in [4.69, 9.17) is 19.5 Å². The van der Waals surface area contributed by atoms with Gasteiger partial charge >= 0.3 is 0 Å². The molecule has 8 heteroatoms. The molecular formula is C50H46N6O2. The van der Waals surface area contributed by atoms with Gasteiger partial charge in [-0.2, -0.15) is 0 Å². The third-order valence-electron chi connectivity index (χ3n) is 11.1. The number of hydrogen-bond acceptors (Lipinski definition) is 6. The van der Waals surface area contributed by atoms with Crippen molar-refractivity contribution >= 4 is 45.8 Å². The standard InChI is InChI=1S/C50H46N6O2/c1-29-25-31(3)47(32(4)26-29)49-39-17-21-43(51-39)55(35-9-13-37(57-7)14-10-35)45-23-19-41(53-45)50(48-33(5)27-30(2)28-34(48)6)42-20-24-46(54-42)56(44-22-18-40(49)52-44)36-11-15-38(58-8)16-12-36/h9-28,51,54H,1-8H3. The molecule has 2 N–H and O–H groups in total. The van der Waals surface area contributed by atoms with Crippen LogP contribution in [0.1, 0.15) is 55.9 Å². The fourth-order valence-electron chi connectivity index (χ4n) is 8.75. The Morgan fingerprint density at radius 3 is 1.16 bits per heavy atom. The van der Waals surface area contributed by atoms with Crippen molar-refractivity contribution in [3.63, 3.8) is 0 Å². The predicted octanol–water partition coefficient (Wildman–Crippen LogP) is 11.7. The highest BCUT2D eigenvalue weighted by atomic mass is 16.5. The summed E-state index contributed by atoms with van der Waals surface area (Å²) in [6.07, 6.45) is 8.47. The van der Waals surface area contributed by atoms with E-state index in [0.717, 1.165) is 91.2 Å². The number of ether oxygens (including phenoxy) is 2. The van der Waals surface area contributed by atoms with Crippen molar-refractivity contribution in [2.24, 2.45) is 9.98 Å². The number of fused-ring (bicyclic) bond motifs is 6. The molecule has 4 aromatic carbocycles.